The molecule has 1 aliphatic heterocycles. The largest absolute Gasteiger partial charge is 0.472 e. The maximum atomic E-state index is 12.1. The molecule has 1 N–H and O–H groups in total. The van der Waals surface area contributed by atoms with Gasteiger partial charge in [0.05, 0.1) is 18.8 Å². The van der Waals surface area contributed by atoms with Gasteiger partial charge in [0.2, 0.25) is 5.88 Å². The van der Waals surface area contributed by atoms with Gasteiger partial charge in [0, 0.05) is 24.4 Å². The Morgan fingerprint density at radius 2 is 2.09 bits per heavy atom. The van der Waals surface area contributed by atoms with Gasteiger partial charge in [0.25, 0.3) is 5.91 Å². The summed E-state index contributed by atoms with van der Waals surface area (Å²) >= 11 is 0. The molecule has 2 heterocycles. The van der Waals surface area contributed by atoms with E-state index in [4.69, 9.17) is 9.47 Å². The minimum absolute atomic E-state index is 0.0553. The third-order valence-electron chi connectivity index (χ3n) is 3.48. The fourth-order valence-electron chi connectivity index (χ4n) is 2.20. The maximum Gasteiger partial charge on any atom is 0.257 e. The Kier molecular flexibility index (Phi) is 4.34. The van der Waals surface area contributed by atoms with Crippen LogP contribution < -0.4 is 10.1 Å². The van der Waals surface area contributed by atoms with Gasteiger partial charge in [-0.05, 0) is 25.1 Å². The van der Waals surface area contributed by atoms with Crippen LogP contribution in [0.1, 0.15) is 22.3 Å². The number of hydrogen-bond acceptors (Lipinski definition) is 4. The smallest absolute Gasteiger partial charge is 0.257 e. The number of amides is 1. The van der Waals surface area contributed by atoms with Crippen molar-refractivity contribution in [3.63, 3.8) is 0 Å². The highest BCUT2D eigenvalue weighted by Crippen LogP contribution is 2.16. The lowest BCUT2D eigenvalue weighted by Crippen LogP contribution is -2.17. The van der Waals surface area contributed by atoms with Crippen molar-refractivity contribution in [2.24, 2.45) is 0 Å². The third kappa shape index (κ3) is 3.62. The molecule has 114 valence electrons. The highest BCUT2D eigenvalue weighted by molar-refractivity contribution is 6.04. The molecule has 0 saturated carbocycles. The van der Waals surface area contributed by atoms with E-state index in [-0.39, 0.29) is 12.0 Å². The van der Waals surface area contributed by atoms with Crippen molar-refractivity contribution >= 4 is 11.6 Å². The quantitative estimate of drug-likeness (QED) is 0.943. The predicted molar refractivity (Wildman–Crippen MR) is 83.2 cm³/mol. The topological polar surface area (TPSA) is 60.5 Å². The van der Waals surface area contributed by atoms with E-state index in [2.05, 4.69) is 10.3 Å². The number of aromatic nitrogens is 1. The zero-order chi connectivity index (χ0) is 15.4. The number of carbonyl (C=O) groups excluding carboxylic acids is 1. The average molecular weight is 298 g/mol. The van der Waals surface area contributed by atoms with Crippen LogP contribution in [0.5, 0.6) is 5.88 Å². The number of hydrogen-bond donors (Lipinski definition) is 1. The van der Waals surface area contributed by atoms with Crippen LogP contribution in [0.4, 0.5) is 5.69 Å². The Balaban J connectivity index is 1.61. The first-order valence-corrected chi connectivity index (χ1v) is 7.29. The molecule has 1 aromatic heterocycles. The first-order valence-electron chi connectivity index (χ1n) is 7.29. The summed E-state index contributed by atoms with van der Waals surface area (Å²) in [4.78, 5) is 16.3. The fraction of sp³-hybridized carbons (Fsp3) is 0.294. The summed E-state index contributed by atoms with van der Waals surface area (Å²) in [6.45, 7) is 3.32. The van der Waals surface area contributed by atoms with Crippen LogP contribution in [0, 0.1) is 6.92 Å². The molecule has 1 aliphatic rings. The molecule has 5 heteroatoms. The van der Waals surface area contributed by atoms with Gasteiger partial charge in [-0.3, -0.25) is 4.79 Å². The molecule has 1 saturated heterocycles. The molecule has 1 fully saturated rings. The third-order valence-corrected chi connectivity index (χ3v) is 3.48. The monoisotopic (exact) mass is 298 g/mol. The predicted octanol–water partition coefficient (Wildman–Crippen LogP) is 2.81. The number of carbonyl (C=O) groups is 1. The number of ether oxygens (including phenoxy) is 2. The van der Waals surface area contributed by atoms with Crippen molar-refractivity contribution in [1.82, 2.24) is 4.98 Å². The van der Waals surface area contributed by atoms with Crippen molar-refractivity contribution in [2.45, 2.75) is 19.4 Å². The Hall–Kier alpha value is -2.40. The van der Waals surface area contributed by atoms with Crippen LogP contribution in [0.25, 0.3) is 0 Å². The van der Waals surface area contributed by atoms with E-state index in [1.54, 1.807) is 12.1 Å². The summed E-state index contributed by atoms with van der Waals surface area (Å²) in [7, 11) is 0. The molecule has 22 heavy (non-hydrogen) atoms. The Morgan fingerprint density at radius 1 is 1.27 bits per heavy atom. The maximum absolute atomic E-state index is 12.1. The number of pyridine rings is 1. The lowest BCUT2D eigenvalue weighted by molar-refractivity contribution is 0.102. The molecular weight excluding hydrogens is 280 g/mol. The van der Waals surface area contributed by atoms with E-state index in [1.807, 2.05) is 31.2 Å². The van der Waals surface area contributed by atoms with E-state index >= 15 is 0 Å². The summed E-state index contributed by atoms with van der Waals surface area (Å²) < 4.78 is 10.9. The van der Waals surface area contributed by atoms with Gasteiger partial charge in [-0.2, -0.15) is 0 Å². The van der Waals surface area contributed by atoms with Gasteiger partial charge in [0.1, 0.15) is 6.10 Å². The molecule has 3 rings (SSSR count). The first kappa shape index (κ1) is 14.5. The molecule has 0 bridgehead atoms. The highest BCUT2D eigenvalue weighted by atomic mass is 16.5. The van der Waals surface area contributed by atoms with Gasteiger partial charge in [-0.15, -0.1) is 0 Å². The molecule has 1 atom stereocenters. The molecule has 5 nitrogen and oxygen atoms in total. The molecule has 1 amide bonds. The van der Waals surface area contributed by atoms with Gasteiger partial charge in [0.15, 0.2) is 0 Å². The van der Waals surface area contributed by atoms with Crippen molar-refractivity contribution in [1.29, 1.82) is 0 Å². The van der Waals surface area contributed by atoms with Crippen LogP contribution in [0.2, 0.25) is 0 Å². The molecule has 0 aliphatic carbocycles. The second kappa shape index (κ2) is 6.58. The lowest BCUT2D eigenvalue weighted by Gasteiger charge is -2.11. The van der Waals surface area contributed by atoms with Crippen LogP contribution >= 0.6 is 0 Å². The Labute approximate surface area is 129 Å². The minimum Gasteiger partial charge on any atom is -0.472 e. The molecule has 2 aromatic rings. The zero-order valence-electron chi connectivity index (χ0n) is 12.4. The summed E-state index contributed by atoms with van der Waals surface area (Å²) in [5, 5.41) is 2.84. The number of rotatable bonds is 4. The van der Waals surface area contributed by atoms with Crippen molar-refractivity contribution in [2.75, 3.05) is 18.5 Å². The van der Waals surface area contributed by atoms with E-state index in [1.165, 1.54) is 6.20 Å². The Bertz CT molecular complexity index is 632. The average Bonchev–Trinajstić information content (AvgIpc) is 3.03. The van der Waals surface area contributed by atoms with Gasteiger partial charge in [-0.25, -0.2) is 4.98 Å². The molecule has 0 spiro atoms. The number of anilines is 1. The molecular formula is C17H18N2O3. The fourth-order valence-corrected chi connectivity index (χ4v) is 2.20. The van der Waals surface area contributed by atoms with Crippen LogP contribution in [0.3, 0.4) is 0 Å². The minimum atomic E-state index is -0.188. The standard InChI is InChI=1S/C17H18N2O3/c1-12-2-5-14(6-3-12)19-17(20)13-4-7-16(18-10-13)22-15-8-9-21-11-15/h2-7,10,15H,8-9,11H2,1H3,(H,19,20). The Morgan fingerprint density at radius 3 is 2.73 bits per heavy atom. The van der Waals surface area contributed by atoms with E-state index in [0.29, 0.717) is 18.1 Å². The van der Waals surface area contributed by atoms with Crippen LogP contribution in [-0.4, -0.2) is 30.2 Å². The van der Waals surface area contributed by atoms with Gasteiger partial charge >= 0.3 is 0 Å². The second-order valence-corrected chi connectivity index (χ2v) is 5.31. The SMILES string of the molecule is Cc1ccc(NC(=O)c2ccc(OC3CCOC3)nc2)cc1. The number of nitrogens with zero attached hydrogens (tertiary/aromatic N) is 1. The van der Waals surface area contributed by atoms with Gasteiger partial charge < -0.3 is 14.8 Å². The highest BCUT2D eigenvalue weighted by Gasteiger charge is 2.17. The van der Waals surface area contributed by atoms with Crippen LogP contribution in [-0.2, 0) is 4.74 Å². The summed E-state index contributed by atoms with van der Waals surface area (Å²) in [6.07, 6.45) is 2.45. The molecule has 0 radical (unpaired) electrons. The normalized spacial score (nSPS) is 17.2. The zero-order valence-corrected chi connectivity index (χ0v) is 12.4. The van der Waals surface area contributed by atoms with Crippen molar-refractivity contribution in [3.8, 4) is 5.88 Å². The van der Waals surface area contributed by atoms with Gasteiger partial charge in [-0.1, -0.05) is 17.7 Å². The van der Waals surface area contributed by atoms with E-state index in [0.717, 1.165) is 24.3 Å². The summed E-state index contributed by atoms with van der Waals surface area (Å²) in [5.41, 5.74) is 2.41. The lowest BCUT2D eigenvalue weighted by atomic mass is 10.2. The summed E-state index contributed by atoms with van der Waals surface area (Å²) in [5.74, 6) is 0.328. The number of nitrogens with one attached hydrogen (secondary N) is 1. The van der Waals surface area contributed by atoms with E-state index in [9.17, 15) is 4.79 Å². The van der Waals surface area contributed by atoms with Crippen molar-refractivity contribution < 1.29 is 14.3 Å². The molecule has 1 unspecified atom stereocenters. The van der Waals surface area contributed by atoms with Crippen LogP contribution in [0.15, 0.2) is 42.6 Å². The van der Waals surface area contributed by atoms with E-state index < -0.39 is 0 Å². The van der Waals surface area contributed by atoms with Crippen molar-refractivity contribution in [3.05, 3.63) is 53.7 Å². The second-order valence-electron chi connectivity index (χ2n) is 5.31. The molecule has 1 aromatic carbocycles. The number of aryl methyl sites for hydroxylation is 1. The number of benzene rings is 1. The summed E-state index contributed by atoms with van der Waals surface area (Å²) in [6, 6.07) is 11.1. The first-order chi connectivity index (χ1) is 10.7.